The summed E-state index contributed by atoms with van der Waals surface area (Å²) in [6.45, 7) is 0. The SMILES string of the molecule is c1ccc(-c2nc(-c3ccccc3)nc(-c3ccc4c(-c5nc(-c6ccccc6)nc(-c6cccc(C78CCC(CC7)C8)c6)n5)cccc4c3)n2)cc1. The number of nitrogens with zero attached hydrogens (tertiary/aromatic N) is 6. The number of hydrogen-bond acceptors (Lipinski definition) is 6. The van der Waals surface area contributed by atoms with E-state index in [4.69, 9.17) is 29.9 Å². The zero-order valence-corrected chi connectivity index (χ0v) is 29.2. The fraction of sp³-hybridized carbons (Fsp3) is 0.149. The Labute approximate surface area is 308 Å². The molecule has 0 atom stereocenters. The molecule has 0 N–H and O–H groups in total. The first-order valence-corrected chi connectivity index (χ1v) is 18.5. The predicted molar refractivity (Wildman–Crippen MR) is 212 cm³/mol. The summed E-state index contributed by atoms with van der Waals surface area (Å²) in [7, 11) is 0. The van der Waals surface area contributed by atoms with Gasteiger partial charge in [0.1, 0.15) is 0 Å². The lowest BCUT2D eigenvalue weighted by atomic mass is 9.77. The van der Waals surface area contributed by atoms with E-state index in [1.54, 1.807) is 0 Å². The van der Waals surface area contributed by atoms with Crippen LogP contribution in [0.3, 0.4) is 0 Å². The molecule has 6 aromatic carbocycles. The molecule has 2 heterocycles. The van der Waals surface area contributed by atoms with Gasteiger partial charge in [-0.25, -0.2) is 29.9 Å². The van der Waals surface area contributed by atoms with Crippen LogP contribution in [-0.4, -0.2) is 29.9 Å². The maximum Gasteiger partial charge on any atom is 0.164 e. The Morgan fingerprint density at radius 1 is 0.396 bits per heavy atom. The lowest BCUT2D eigenvalue weighted by Crippen LogP contribution is -2.19. The topological polar surface area (TPSA) is 77.3 Å². The summed E-state index contributed by atoms with van der Waals surface area (Å²) >= 11 is 0. The maximum absolute atomic E-state index is 5.19. The smallest absolute Gasteiger partial charge is 0.164 e. The number of fused-ring (bicyclic) bond motifs is 3. The Bertz CT molecular complexity index is 2540. The van der Waals surface area contributed by atoms with E-state index in [0.717, 1.165) is 50.1 Å². The van der Waals surface area contributed by atoms with Crippen LogP contribution in [0.5, 0.6) is 0 Å². The molecule has 2 aliphatic carbocycles. The van der Waals surface area contributed by atoms with Gasteiger partial charge < -0.3 is 0 Å². The van der Waals surface area contributed by atoms with E-state index in [-0.39, 0.29) is 0 Å². The zero-order chi connectivity index (χ0) is 35.2. The average molecular weight is 685 g/mol. The van der Waals surface area contributed by atoms with E-state index < -0.39 is 0 Å². The van der Waals surface area contributed by atoms with Crippen LogP contribution >= 0.6 is 0 Å². The van der Waals surface area contributed by atoms with Gasteiger partial charge in [0, 0.05) is 33.4 Å². The van der Waals surface area contributed by atoms with Crippen molar-refractivity contribution in [3.63, 3.8) is 0 Å². The van der Waals surface area contributed by atoms with Gasteiger partial charge in [-0.2, -0.15) is 0 Å². The summed E-state index contributed by atoms with van der Waals surface area (Å²) in [5, 5.41) is 2.09. The molecule has 254 valence electrons. The molecule has 0 aliphatic heterocycles. The van der Waals surface area contributed by atoms with E-state index in [0.29, 0.717) is 40.4 Å². The third-order valence-electron chi connectivity index (χ3n) is 11.2. The van der Waals surface area contributed by atoms with E-state index in [1.807, 2.05) is 78.9 Å². The highest BCUT2D eigenvalue weighted by Crippen LogP contribution is 2.55. The van der Waals surface area contributed by atoms with Gasteiger partial charge in [0.2, 0.25) is 0 Å². The van der Waals surface area contributed by atoms with E-state index in [2.05, 4.69) is 72.8 Å². The van der Waals surface area contributed by atoms with E-state index in [9.17, 15) is 0 Å². The van der Waals surface area contributed by atoms with E-state index in [1.165, 1.54) is 37.7 Å². The minimum Gasteiger partial charge on any atom is -0.208 e. The second-order valence-electron chi connectivity index (χ2n) is 14.5. The molecule has 6 heteroatoms. The van der Waals surface area contributed by atoms with E-state index >= 15 is 0 Å². The molecule has 10 rings (SSSR count). The first kappa shape index (κ1) is 31.3. The molecular formula is C47H36N6. The molecular weight excluding hydrogens is 649 g/mol. The van der Waals surface area contributed by atoms with Crippen molar-refractivity contribution in [2.75, 3.05) is 0 Å². The average Bonchev–Trinajstić information content (AvgIpc) is 3.87. The lowest BCUT2D eigenvalue weighted by molar-refractivity contribution is 0.419. The van der Waals surface area contributed by atoms with Crippen molar-refractivity contribution >= 4 is 10.8 Å². The van der Waals surface area contributed by atoms with Gasteiger partial charge in [0.05, 0.1) is 0 Å². The van der Waals surface area contributed by atoms with Crippen molar-refractivity contribution in [1.82, 2.24) is 29.9 Å². The zero-order valence-electron chi connectivity index (χ0n) is 29.2. The van der Waals surface area contributed by atoms with Crippen LogP contribution in [-0.2, 0) is 5.41 Å². The Balaban J connectivity index is 1.09. The molecule has 2 aliphatic rings. The third-order valence-corrected chi connectivity index (χ3v) is 11.2. The van der Waals surface area contributed by atoms with Gasteiger partial charge in [-0.1, -0.05) is 140 Å². The Morgan fingerprint density at radius 3 is 1.40 bits per heavy atom. The summed E-state index contributed by atoms with van der Waals surface area (Å²) in [5.74, 6) is 4.78. The molecule has 0 unspecified atom stereocenters. The number of rotatable bonds is 7. The van der Waals surface area contributed by atoms with Crippen molar-refractivity contribution in [1.29, 1.82) is 0 Å². The van der Waals surface area contributed by atoms with Crippen LogP contribution in [0.15, 0.2) is 152 Å². The fourth-order valence-electron chi connectivity index (χ4n) is 8.48. The van der Waals surface area contributed by atoms with Gasteiger partial charge >= 0.3 is 0 Å². The normalized spacial score (nSPS) is 17.7. The van der Waals surface area contributed by atoms with Crippen molar-refractivity contribution in [2.45, 2.75) is 37.5 Å². The van der Waals surface area contributed by atoms with Crippen LogP contribution in [0, 0.1) is 5.92 Å². The Hall–Kier alpha value is -6.40. The largest absolute Gasteiger partial charge is 0.208 e. The maximum atomic E-state index is 5.19. The highest BCUT2D eigenvalue weighted by Gasteiger charge is 2.45. The highest BCUT2D eigenvalue weighted by atomic mass is 15.0. The standard InChI is InChI=1S/C47H36N6/c1-4-12-32(13-5-1)41-48-42(33-14-6-2-7-15-33)50-45(49-41)37-22-23-39-35(28-37)18-11-21-40(39)46-52-43(34-16-8-3-9-17-34)51-44(53-46)36-19-10-20-38(29-36)47-26-24-31(30-47)25-27-47/h1-23,28-29,31H,24-27,30H2. The summed E-state index contributed by atoms with van der Waals surface area (Å²) in [4.78, 5) is 30.2. The Kier molecular flexibility index (Phi) is 7.68. The molecule has 0 saturated heterocycles. The van der Waals surface area contributed by atoms with Gasteiger partial charge in [-0.05, 0) is 71.9 Å². The number of hydrogen-bond donors (Lipinski definition) is 0. The second kappa shape index (κ2) is 13.0. The van der Waals surface area contributed by atoms with Crippen LogP contribution in [0.25, 0.3) is 79.1 Å². The monoisotopic (exact) mass is 684 g/mol. The summed E-state index contributed by atoms with van der Waals surface area (Å²) < 4.78 is 0. The molecule has 0 spiro atoms. The molecule has 2 fully saturated rings. The Morgan fingerprint density at radius 2 is 0.868 bits per heavy atom. The number of benzene rings is 6. The molecule has 8 aromatic rings. The van der Waals surface area contributed by atoms with Crippen molar-refractivity contribution in [2.24, 2.45) is 5.92 Å². The van der Waals surface area contributed by atoms with Gasteiger partial charge in [0.25, 0.3) is 0 Å². The molecule has 2 aromatic heterocycles. The lowest BCUT2D eigenvalue weighted by Gasteiger charge is -2.27. The molecule has 6 nitrogen and oxygen atoms in total. The van der Waals surface area contributed by atoms with Crippen LogP contribution < -0.4 is 0 Å². The first-order chi connectivity index (χ1) is 26.2. The predicted octanol–water partition coefficient (Wildman–Crippen LogP) is 11.0. The third kappa shape index (κ3) is 5.86. The summed E-state index contributed by atoms with van der Waals surface area (Å²) in [6.07, 6.45) is 6.55. The molecule has 53 heavy (non-hydrogen) atoms. The first-order valence-electron chi connectivity index (χ1n) is 18.5. The minimum absolute atomic E-state index is 0.300. The van der Waals surface area contributed by atoms with Crippen molar-refractivity contribution in [3.8, 4) is 68.3 Å². The van der Waals surface area contributed by atoms with Gasteiger partial charge in [-0.3, -0.25) is 0 Å². The second-order valence-corrected chi connectivity index (χ2v) is 14.5. The van der Waals surface area contributed by atoms with Gasteiger partial charge in [0.15, 0.2) is 34.9 Å². The highest BCUT2D eigenvalue weighted by molar-refractivity contribution is 5.97. The molecule has 2 bridgehead atoms. The minimum atomic E-state index is 0.300. The molecule has 0 radical (unpaired) electrons. The molecule has 0 amide bonds. The van der Waals surface area contributed by atoms with Crippen molar-refractivity contribution < 1.29 is 0 Å². The fourth-order valence-corrected chi connectivity index (χ4v) is 8.48. The van der Waals surface area contributed by atoms with Crippen LogP contribution in [0.4, 0.5) is 0 Å². The van der Waals surface area contributed by atoms with Crippen molar-refractivity contribution in [3.05, 3.63) is 157 Å². The quantitative estimate of drug-likeness (QED) is 0.166. The molecule has 2 saturated carbocycles. The van der Waals surface area contributed by atoms with Crippen LogP contribution in [0.1, 0.15) is 37.7 Å². The summed E-state index contributed by atoms with van der Waals surface area (Å²) in [6, 6.07) is 52.0. The number of aromatic nitrogens is 6. The summed E-state index contributed by atoms with van der Waals surface area (Å²) in [5.41, 5.74) is 7.47. The van der Waals surface area contributed by atoms with Crippen LogP contribution in [0.2, 0.25) is 0 Å². The van der Waals surface area contributed by atoms with Gasteiger partial charge in [-0.15, -0.1) is 0 Å².